The number of nitrogens with one attached hydrogen (secondary N) is 1. The van der Waals surface area contributed by atoms with Crippen molar-refractivity contribution in [1.29, 1.82) is 0 Å². The van der Waals surface area contributed by atoms with Crippen LogP contribution < -0.4 is 10.2 Å². The van der Waals surface area contributed by atoms with E-state index in [1.165, 1.54) is 0 Å². The minimum absolute atomic E-state index is 0.178. The molecule has 0 unspecified atom stereocenters. The van der Waals surface area contributed by atoms with Crippen molar-refractivity contribution in [2.24, 2.45) is 0 Å². The Hall–Kier alpha value is -1.69. The lowest BCUT2D eigenvalue weighted by molar-refractivity contribution is 0.102. The van der Waals surface area contributed by atoms with E-state index in [0.717, 1.165) is 42.4 Å². The van der Waals surface area contributed by atoms with Crippen molar-refractivity contribution < 1.29 is 4.79 Å². The summed E-state index contributed by atoms with van der Waals surface area (Å²) in [5.74, 6) is -0.178. The fraction of sp³-hybridized carbons (Fsp3) is 0.316. The van der Waals surface area contributed by atoms with E-state index in [2.05, 4.69) is 28.2 Å². The molecule has 3 rings (SSSR count). The second-order valence-electron chi connectivity index (χ2n) is 6.11. The molecule has 132 valence electrons. The zero-order chi connectivity index (χ0) is 17.8. The Labute approximate surface area is 158 Å². The van der Waals surface area contributed by atoms with Crippen molar-refractivity contribution in [1.82, 2.24) is 4.90 Å². The van der Waals surface area contributed by atoms with Crippen LogP contribution in [0, 0.1) is 0 Å². The molecule has 25 heavy (non-hydrogen) atoms. The number of carbonyl (C=O) groups excluding carboxylic acids is 1. The first-order valence-corrected chi connectivity index (χ1v) is 9.86. The lowest BCUT2D eigenvalue weighted by Gasteiger charge is -2.35. The number of para-hydroxylation sites is 2. The molecule has 1 N–H and O–H groups in total. The standard InChI is InChI=1S/C19H22ClN3OS/c1-22-9-11-23(12-10-22)18-6-4-3-5-17(18)21-19(24)15-13-14(25-2)7-8-16(15)20/h3-8,13H,9-12H2,1-2H3,(H,21,24). The van der Waals surface area contributed by atoms with Crippen LogP contribution >= 0.6 is 23.4 Å². The van der Waals surface area contributed by atoms with Gasteiger partial charge in [-0.15, -0.1) is 11.8 Å². The van der Waals surface area contributed by atoms with Crippen LogP contribution in [0.15, 0.2) is 47.4 Å². The van der Waals surface area contributed by atoms with E-state index in [1.807, 2.05) is 36.6 Å². The number of likely N-dealkylation sites (N-methyl/N-ethyl adjacent to an activating group) is 1. The summed E-state index contributed by atoms with van der Waals surface area (Å²) in [6.07, 6.45) is 1.98. The van der Waals surface area contributed by atoms with Crippen molar-refractivity contribution in [2.45, 2.75) is 4.90 Å². The molecular weight excluding hydrogens is 354 g/mol. The molecule has 1 heterocycles. The van der Waals surface area contributed by atoms with Gasteiger partial charge in [0.05, 0.1) is 22.0 Å². The quantitative estimate of drug-likeness (QED) is 0.817. The largest absolute Gasteiger partial charge is 0.367 e. The molecule has 2 aromatic carbocycles. The molecule has 1 aliphatic rings. The van der Waals surface area contributed by atoms with E-state index in [0.29, 0.717) is 10.6 Å². The van der Waals surface area contributed by atoms with Gasteiger partial charge in [0.15, 0.2) is 0 Å². The fourth-order valence-corrected chi connectivity index (χ4v) is 3.54. The molecule has 2 aromatic rings. The minimum atomic E-state index is -0.178. The predicted molar refractivity (Wildman–Crippen MR) is 107 cm³/mol. The van der Waals surface area contributed by atoms with E-state index in [-0.39, 0.29) is 5.91 Å². The lowest BCUT2D eigenvalue weighted by atomic mass is 10.1. The highest BCUT2D eigenvalue weighted by molar-refractivity contribution is 7.98. The van der Waals surface area contributed by atoms with Gasteiger partial charge in [-0.3, -0.25) is 4.79 Å². The smallest absolute Gasteiger partial charge is 0.257 e. The molecule has 0 bridgehead atoms. The van der Waals surface area contributed by atoms with Gasteiger partial charge in [0.2, 0.25) is 0 Å². The van der Waals surface area contributed by atoms with Crippen molar-refractivity contribution in [3.05, 3.63) is 53.1 Å². The Bertz CT molecular complexity index is 760. The zero-order valence-electron chi connectivity index (χ0n) is 14.5. The number of hydrogen-bond acceptors (Lipinski definition) is 4. The second-order valence-corrected chi connectivity index (χ2v) is 7.39. The summed E-state index contributed by atoms with van der Waals surface area (Å²) in [7, 11) is 2.13. The molecule has 1 aliphatic heterocycles. The van der Waals surface area contributed by atoms with E-state index < -0.39 is 0 Å². The Morgan fingerprint density at radius 2 is 1.84 bits per heavy atom. The molecule has 4 nitrogen and oxygen atoms in total. The molecule has 0 aromatic heterocycles. The summed E-state index contributed by atoms with van der Waals surface area (Å²) >= 11 is 7.82. The monoisotopic (exact) mass is 375 g/mol. The number of nitrogens with zero attached hydrogens (tertiary/aromatic N) is 2. The van der Waals surface area contributed by atoms with Gasteiger partial charge < -0.3 is 15.1 Å². The van der Waals surface area contributed by atoms with E-state index in [1.54, 1.807) is 17.8 Å². The maximum atomic E-state index is 12.8. The Balaban J connectivity index is 1.82. The maximum absolute atomic E-state index is 12.8. The summed E-state index contributed by atoms with van der Waals surface area (Å²) in [6.45, 7) is 3.94. The first-order chi connectivity index (χ1) is 12.1. The van der Waals surface area contributed by atoms with Gasteiger partial charge in [0.1, 0.15) is 0 Å². The number of piperazine rings is 1. The Morgan fingerprint density at radius 3 is 2.56 bits per heavy atom. The zero-order valence-corrected chi connectivity index (χ0v) is 16.0. The number of anilines is 2. The van der Waals surface area contributed by atoms with E-state index >= 15 is 0 Å². The van der Waals surface area contributed by atoms with Gasteiger partial charge in [-0.1, -0.05) is 23.7 Å². The minimum Gasteiger partial charge on any atom is -0.367 e. The normalized spacial score (nSPS) is 15.2. The Kier molecular flexibility index (Phi) is 5.89. The third kappa shape index (κ3) is 4.29. The highest BCUT2D eigenvalue weighted by atomic mass is 35.5. The third-order valence-electron chi connectivity index (χ3n) is 4.41. The average Bonchev–Trinajstić information content (AvgIpc) is 2.63. The van der Waals surface area contributed by atoms with Crippen LogP contribution in [0.4, 0.5) is 11.4 Å². The van der Waals surface area contributed by atoms with Crippen molar-refractivity contribution in [3.63, 3.8) is 0 Å². The SMILES string of the molecule is CSc1ccc(Cl)c(C(=O)Nc2ccccc2N2CCN(C)CC2)c1. The molecule has 6 heteroatoms. The molecule has 0 radical (unpaired) electrons. The predicted octanol–water partition coefficient (Wildman–Crippen LogP) is 4.07. The molecule has 0 aliphatic carbocycles. The molecule has 1 amide bonds. The summed E-state index contributed by atoms with van der Waals surface area (Å²) in [5, 5.41) is 3.50. The van der Waals surface area contributed by atoms with Crippen molar-refractivity contribution in [3.8, 4) is 0 Å². The molecule has 1 saturated heterocycles. The van der Waals surface area contributed by atoms with Gasteiger partial charge in [0, 0.05) is 31.1 Å². The molecule has 0 atom stereocenters. The highest BCUT2D eigenvalue weighted by Crippen LogP contribution is 2.29. The number of hydrogen-bond donors (Lipinski definition) is 1. The highest BCUT2D eigenvalue weighted by Gasteiger charge is 2.19. The lowest BCUT2D eigenvalue weighted by Crippen LogP contribution is -2.44. The van der Waals surface area contributed by atoms with Crippen LogP contribution in [0.5, 0.6) is 0 Å². The summed E-state index contributed by atoms with van der Waals surface area (Å²) in [4.78, 5) is 18.4. The van der Waals surface area contributed by atoms with E-state index in [9.17, 15) is 4.79 Å². The van der Waals surface area contributed by atoms with Crippen LogP contribution in [0.2, 0.25) is 5.02 Å². The van der Waals surface area contributed by atoms with Gasteiger partial charge >= 0.3 is 0 Å². The second kappa shape index (κ2) is 8.13. The summed E-state index contributed by atoms with van der Waals surface area (Å²) in [6, 6.07) is 13.5. The number of rotatable bonds is 4. The third-order valence-corrected chi connectivity index (χ3v) is 5.47. The first kappa shape index (κ1) is 18.1. The topological polar surface area (TPSA) is 35.6 Å². The molecule has 1 fully saturated rings. The van der Waals surface area contributed by atoms with Crippen LogP contribution in [-0.4, -0.2) is 50.3 Å². The van der Waals surface area contributed by atoms with Crippen molar-refractivity contribution in [2.75, 3.05) is 49.7 Å². The fourth-order valence-electron chi connectivity index (χ4n) is 2.90. The number of thioether (sulfide) groups is 1. The number of carbonyl (C=O) groups is 1. The van der Waals surface area contributed by atoms with Gasteiger partial charge in [-0.05, 0) is 43.6 Å². The van der Waals surface area contributed by atoms with Crippen molar-refractivity contribution >= 4 is 40.6 Å². The van der Waals surface area contributed by atoms with Crippen LogP contribution in [0.1, 0.15) is 10.4 Å². The van der Waals surface area contributed by atoms with Crippen LogP contribution in [-0.2, 0) is 0 Å². The molecule has 0 spiro atoms. The first-order valence-electron chi connectivity index (χ1n) is 8.26. The number of benzene rings is 2. The summed E-state index contributed by atoms with van der Waals surface area (Å²) in [5.41, 5.74) is 2.38. The molecule has 0 saturated carbocycles. The van der Waals surface area contributed by atoms with Gasteiger partial charge in [0.25, 0.3) is 5.91 Å². The number of amides is 1. The average molecular weight is 376 g/mol. The van der Waals surface area contributed by atoms with Gasteiger partial charge in [-0.2, -0.15) is 0 Å². The Morgan fingerprint density at radius 1 is 1.12 bits per heavy atom. The maximum Gasteiger partial charge on any atom is 0.257 e. The van der Waals surface area contributed by atoms with E-state index in [4.69, 9.17) is 11.6 Å². The molecular formula is C19H22ClN3OS. The summed E-state index contributed by atoms with van der Waals surface area (Å²) < 4.78 is 0. The number of halogens is 1. The van der Waals surface area contributed by atoms with Crippen LogP contribution in [0.3, 0.4) is 0 Å². The van der Waals surface area contributed by atoms with Crippen LogP contribution in [0.25, 0.3) is 0 Å². The van der Waals surface area contributed by atoms with Gasteiger partial charge in [-0.25, -0.2) is 0 Å².